The van der Waals surface area contributed by atoms with Crippen molar-refractivity contribution in [3.63, 3.8) is 0 Å². The Hall–Kier alpha value is -0.980. The van der Waals surface area contributed by atoms with Gasteiger partial charge in [0.1, 0.15) is 0 Å². The summed E-state index contributed by atoms with van der Waals surface area (Å²) in [5, 5.41) is 29.6. The molecular weight excluding hydrogens is 220 g/mol. The molecule has 0 aromatic carbocycles. The van der Waals surface area contributed by atoms with E-state index in [0.717, 1.165) is 5.69 Å². The third kappa shape index (κ3) is 5.25. The predicted octanol–water partition coefficient (Wildman–Crippen LogP) is -0.0889. The van der Waals surface area contributed by atoms with Crippen LogP contribution in [-0.4, -0.2) is 44.0 Å². The molecule has 0 aliphatic heterocycles. The first kappa shape index (κ1) is 14.1. The maximum absolute atomic E-state index is 9.79. The molecular formula is C11H22N4O2. The zero-order chi connectivity index (χ0) is 12.7. The lowest BCUT2D eigenvalue weighted by molar-refractivity contribution is 0.0555. The number of hydrogen-bond acceptors (Lipinski definition) is 5. The number of nitrogens with one attached hydrogen (secondary N) is 1. The van der Waals surface area contributed by atoms with Gasteiger partial charge < -0.3 is 15.5 Å². The number of aliphatic hydroxyl groups excluding tert-OH is 1. The molecule has 1 heterocycles. The molecule has 1 aromatic heterocycles. The average molecular weight is 242 g/mol. The van der Waals surface area contributed by atoms with Crippen molar-refractivity contribution < 1.29 is 10.2 Å². The molecule has 17 heavy (non-hydrogen) atoms. The first-order chi connectivity index (χ1) is 8.07. The molecule has 0 aliphatic rings. The molecule has 1 atom stereocenters. The standard InChI is InChI=1S/C11H22N4O2/c1-3-11(2,17)9-12-7-10-8-15(14-13-10)5-4-6-16/h8,12,16-17H,3-7,9H2,1-2H3. The highest BCUT2D eigenvalue weighted by molar-refractivity contribution is 4.92. The minimum Gasteiger partial charge on any atom is -0.396 e. The van der Waals surface area contributed by atoms with Crippen LogP contribution < -0.4 is 5.32 Å². The lowest BCUT2D eigenvalue weighted by Gasteiger charge is -2.21. The van der Waals surface area contributed by atoms with Crippen LogP contribution >= 0.6 is 0 Å². The second kappa shape index (κ2) is 6.68. The Kier molecular flexibility index (Phi) is 5.54. The molecule has 0 radical (unpaired) electrons. The van der Waals surface area contributed by atoms with Crippen molar-refractivity contribution in [2.75, 3.05) is 13.2 Å². The van der Waals surface area contributed by atoms with Crippen LogP contribution in [-0.2, 0) is 13.1 Å². The van der Waals surface area contributed by atoms with Crippen molar-refractivity contribution in [1.29, 1.82) is 0 Å². The van der Waals surface area contributed by atoms with E-state index in [9.17, 15) is 5.11 Å². The Morgan fingerprint density at radius 3 is 2.94 bits per heavy atom. The quantitative estimate of drug-likeness (QED) is 0.593. The average Bonchev–Trinajstić information content (AvgIpc) is 2.74. The second-order valence-electron chi connectivity index (χ2n) is 4.50. The molecule has 6 heteroatoms. The van der Waals surface area contributed by atoms with E-state index in [4.69, 9.17) is 5.11 Å². The number of nitrogens with zero attached hydrogens (tertiary/aromatic N) is 3. The minimum absolute atomic E-state index is 0.160. The zero-order valence-corrected chi connectivity index (χ0v) is 10.6. The van der Waals surface area contributed by atoms with E-state index in [0.29, 0.717) is 32.5 Å². The number of hydrogen-bond donors (Lipinski definition) is 3. The summed E-state index contributed by atoms with van der Waals surface area (Å²) in [6.07, 6.45) is 3.24. The predicted molar refractivity (Wildman–Crippen MR) is 64.3 cm³/mol. The highest BCUT2D eigenvalue weighted by Crippen LogP contribution is 2.06. The fourth-order valence-electron chi connectivity index (χ4n) is 1.35. The van der Waals surface area contributed by atoms with Gasteiger partial charge in [0.2, 0.25) is 0 Å². The summed E-state index contributed by atoms with van der Waals surface area (Å²) in [5.41, 5.74) is 0.169. The number of aromatic nitrogens is 3. The van der Waals surface area contributed by atoms with Crippen molar-refractivity contribution in [2.24, 2.45) is 0 Å². The highest BCUT2D eigenvalue weighted by atomic mass is 16.3. The SMILES string of the molecule is CCC(C)(O)CNCc1cn(CCCO)nn1. The van der Waals surface area contributed by atoms with E-state index in [1.807, 2.05) is 13.1 Å². The second-order valence-corrected chi connectivity index (χ2v) is 4.50. The summed E-state index contributed by atoms with van der Waals surface area (Å²) in [7, 11) is 0. The summed E-state index contributed by atoms with van der Waals surface area (Å²) in [6.45, 7) is 5.72. The Balaban J connectivity index is 2.30. The van der Waals surface area contributed by atoms with Gasteiger partial charge in [-0.15, -0.1) is 5.10 Å². The van der Waals surface area contributed by atoms with Gasteiger partial charge in [-0.2, -0.15) is 0 Å². The van der Waals surface area contributed by atoms with Gasteiger partial charge in [-0.3, -0.25) is 4.68 Å². The van der Waals surface area contributed by atoms with Gasteiger partial charge in [0.25, 0.3) is 0 Å². The number of aryl methyl sites for hydroxylation is 1. The first-order valence-electron chi connectivity index (χ1n) is 6.00. The topological polar surface area (TPSA) is 83.2 Å². The van der Waals surface area contributed by atoms with Crippen molar-refractivity contribution in [3.8, 4) is 0 Å². The summed E-state index contributed by atoms with van der Waals surface area (Å²) in [5.74, 6) is 0. The van der Waals surface area contributed by atoms with Gasteiger partial charge in [0, 0.05) is 32.4 Å². The Morgan fingerprint density at radius 1 is 1.53 bits per heavy atom. The van der Waals surface area contributed by atoms with Gasteiger partial charge in [-0.25, -0.2) is 0 Å². The van der Waals surface area contributed by atoms with Crippen LogP contribution in [0.5, 0.6) is 0 Å². The minimum atomic E-state index is -0.674. The van der Waals surface area contributed by atoms with Gasteiger partial charge >= 0.3 is 0 Å². The molecule has 98 valence electrons. The normalized spacial score (nSPS) is 14.8. The van der Waals surface area contributed by atoms with Gasteiger partial charge in [-0.05, 0) is 19.8 Å². The lowest BCUT2D eigenvalue weighted by atomic mass is 10.0. The van der Waals surface area contributed by atoms with Crippen LogP contribution in [0.4, 0.5) is 0 Å². The molecule has 1 aromatic rings. The molecule has 0 spiro atoms. The summed E-state index contributed by atoms with van der Waals surface area (Å²) in [6, 6.07) is 0. The van der Waals surface area contributed by atoms with E-state index < -0.39 is 5.60 Å². The monoisotopic (exact) mass is 242 g/mol. The van der Waals surface area contributed by atoms with E-state index in [2.05, 4.69) is 15.6 Å². The summed E-state index contributed by atoms with van der Waals surface area (Å²) < 4.78 is 1.71. The molecule has 0 fully saturated rings. The molecule has 0 amide bonds. The van der Waals surface area contributed by atoms with Crippen LogP contribution in [0, 0.1) is 0 Å². The van der Waals surface area contributed by atoms with Crippen LogP contribution in [0.1, 0.15) is 32.4 Å². The van der Waals surface area contributed by atoms with Crippen molar-refractivity contribution in [3.05, 3.63) is 11.9 Å². The fraction of sp³-hybridized carbons (Fsp3) is 0.818. The van der Waals surface area contributed by atoms with Crippen LogP contribution in [0.15, 0.2) is 6.20 Å². The molecule has 3 N–H and O–H groups in total. The fourth-order valence-corrected chi connectivity index (χ4v) is 1.35. The Labute approximate surface area is 102 Å². The zero-order valence-electron chi connectivity index (χ0n) is 10.6. The number of rotatable bonds is 8. The maximum atomic E-state index is 9.79. The first-order valence-corrected chi connectivity index (χ1v) is 6.00. The third-order valence-corrected chi connectivity index (χ3v) is 2.71. The van der Waals surface area contributed by atoms with Crippen molar-refractivity contribution in [2.45, 2.75) is 45.4 Å². The van der Waals surface area contributed by atoms with E-state index in [1.54, 1.807) is 11.6 Å². The van der Waals surface area contributed by atoms with E-state index >= 15 is 0 Å². The van der Waals surface area contributed by atoms with Crippen molar-refractivity contribution in [1.82, 2.24) is 20.3 Å². The Bertz CT molecular complexity index is 325. The molecule has 6 nitrogen and oxygen atoms in total. The highest BCUT2D eigenvalue weighted by Gasteiger charge is 2.16. The largest absolute Gasteiger partial charge is 0.396 e. The molecule has 1 rings (SSSR count). The number of aliphatic hydroxyl groups is 2. The Morgan fingerprint density at radius 2 is 2.29 bits per heavy atom. The molecule has 0 bridgehead atoms. The lowest BCUT2D eigenvalue weighted by Crippen LogP contribution is -2.36. The van der Waals surface area contributed by atoms with E-state index in [-0.39, 0.29) is 6.61 Å². The van der Waals surface area contributed by atoms with Crippen LogP contribution in [0.2, 0.25) is 0 Å². The van der Waals surface area contributed by atoms with Gasteiger partial charge in [0.15, 0.2) is 0 Å². The molecule has 0 saturated heterocycles. The van der Waals surface area contributed by atoms with Crippen LogP contribution in [0.3, 0.4) is 0 Å². The molecule has 1 unspecified atom stereocenters. The van der Waals surface area contributed by atoms with Crippen molar-refractivity contribution >= 4 is 0 Å². The summed E-state index contributed by atoms with van der Waals surface area (Å²) in [4.78, 5) is 0. The van der Waals surface area contributed by atoms with E-state index in [1.165, 1.54) is 0 Å². The summed E-state index contributed by atoms with van der Waals surface area (Å²) >= 11 is 0. The van der Waals surface area contributed by atoms with Gasteiger partial charge in [0.05, 0.1) is 11.3 Å². The third-order valence-electron chi connectivity index (χ3n) is 2.71. The van der Waals surface area contributed by atoms with Crippen LogP contribution in [0.25, 0.3) is 0 Å². The van der Waals surface area contributed by atoms with Gasteiger partial charge in [-0.1, -0.05) is 12.1 Å². The smallest absolute Gasteiger partial charge is 0.0964 e. The maximum Gasteiger partial charge on any atom is 0.0964 e. The molecule has 0 aliphatic carbocycles. The molecule has 0 saturated carbocycles.